The van der Waals surface area contributed by atoms with Gasteiger partial charge in [0.2, 0.25) is 0 Å². The number of carbonyl (C=O) groups excluding carboxylic acids is 2. The van der Waals surface area contributed by atoms with E-state index >= 15 is 0 Å². The van der Waals surface area contributed by atoms with Gasteiger partial charge in [-0.05, 0) is 0 Å². The predicted molar refractivity (Wildman–Crippen MR) is 45.0 cm³/mol. The van der Waals surface area contributed by atoms with E-state index in [1.54, 1.807) is 0 Å². The van der Waals surface area contributed by atoms with Gasteiger partial charge in [0, 0.05) is 0 Å². The van der Waals surface area contributed by atoms with Crippen molar-refractivity contribution in [2.45, 2.75) is 0 Å². The van der Waals surface area contributed by atoms with Crippen LogP contribution in [0.3, 0.4) is 0 Å². The molecule has 0 fully saturated rings. The number of aliphatic carboxylic acids is 2. The summed E-state index contributed by atoms with van der Waals surface area (Å²) in [6, 6.07) is 0. The van der Waals surface area contributed by atoms with Gasteiger partial charge >= 0.3 is 79.9 Å². The standard InChI is InChI=1S/2C2H4O6S.2Na/c2*3-2(4)1-8-9(5,6)7;;/h2*1H2,(H,3,4)(H,5,6,7);;/q;;2*+1/p-2. The third kappa shape index (κ3) is 36.3. The van der Waals surface area contributed by atoms with E-state index < -0.39 is 46.0 Å². The number of hydrogen-bond acceptors (Lipinski definition) is 10. The van der Waals surface area contributed by atoms with Crippen molar-refractivity contribution < 1.29 is 113 Å². The van der Waals surface area contributed by atoms with Gasteiger partial charge in [0.05, 0.1) is 11.9 Å². The molecule has 12 nitrogen and oxygen atoms in total. The molecule has 0 aromatic heterocycles. The topological polar surface area (TPSA) is 207 Å². The molecule has 0 bridgehead atoms. The van der Waals surface area contributed by atoms with E-state index in [4.69, 9.17) is 9.11 Å². The molecule has 0 unspecified atom stereocenters. The zero-order valence-corrected chi connectivity index (χ0v) is 15.8. The SMILES string of the molecule is O=C([O-])COS(=O)(=O)O.O=C([O-])COS(=O)(=O)O.[Na+].[Na+]. The van der Waals surface area contributed by atoms with Crippen molar-refractivity contribution in [3.05, 3.63) is 0 Å². The molecular weight excluding hydrogens is 350 g/mol. The van der Waals surface area contributed by atoms with E-state index in [1.807, 2.05) is 0 Å². The summed E-state index contributed by atoms with van der Waals surface area (Å²) in [5.74, 6) is -3.43. The van der Waals surface area contributed by atoms with Gasteiger partial charge in [-0.2, -0.15) is 16.8 Å². The first-order valence-electron chi connectivity index (χ1n) is 3.47. The number of rotatable bonds is 6. The van der Waals surface area contributed by atoms with Crippen molar-refractivity contribution in [2.75, 3.05) is 13.2 Å². The number of carboxylic acid groups (broad SMARTS) is 2. The van der Waals surface area contributed by atoms with Gasteiger partial charge < -0.3 is 19.8 Å². The number of carboxylic acids is 2. The van der Waals surface area contributed by atoms with Gasteiger partial charge in [0.25, 0.3) is 0 Å². The molecule has 0 radical (unpaired) electrons. The second-order valence-electron chi connectivity index (χ2n) is 2.12. The van der Waals surface area contributed by atoms with Gasteiger partial charge in [-0.15, -0.1) is 0 Å². The van der Waals surface area contributed by atoms with Crippen LogP contribution in [0.2, 0.25) is 0 Å². The summed E-state index contributed by atoms with van der Waals surface area (Å²) in [7, 11) is -9.28. The summed E-state index contributed by atoms with van der Waals surface area (Å²) >= 11 is 0. The van der Waals surface area contributed by atoms with E-state index in [0.29, 0.717) is 0 Å². The molecule has 0 saturated carbocycles. The summed E-state index contributed by atoms with van der Waals surface area (Å²) in [5.41, 5.74) is 0. The fourth-order valence-electron chi connectivity index (χ4n) is 0.245. The molecule has 0 aliphatic heterocycles. The first-order chi connectivity index (χ1) is 7.83. The van der Waals surface area contributed by atoms with Crippen LogP contribution in [-0.4, -0.2) is 51.1 Å². The summed E-state index contributed by atoms with van der Waals surface area (Å²) in [6.07, 6.45) is 0. The number of hydrogen-bond donors (Lipinski definition) is 2. The van der Waals surface area contributed by atoms with Gasteiger partial charge in [0.15, 0.2) is 0 Å². The van der Waals surface area contributed by atoms with Crippen LogP contribution in [0.25, 0.3) is 0 Å². The Balaban J connectivity index is -0.000000116. The van der Waals surface area contributed by atoms with Crippen LogP contribution in [0.5, 0.6) is 0 Å². The minimum Gasteiger partial charge on any atom is -0.548 e. The molecule has 0 spiro atoms. The van der Waals surface area contributed by atoms with Crippen LogP contribution in [0.15, 0.2) is 0 Å². The average molecular weight is 356 g/mol. The van der Waals surface area contributed by atoms with E-state index in [2.05, 4.69) is 8.37 Å². The minimum atomic E-state index is -4.64. The van der Waals surface area contributed by atoms with Crippen molar-refractivity contribution in [3.63, 3.8) is 0 Å². The van der Waals surface area contributed by atoms with Gasteiger partial charge in [-0.3, -0.25) is 9.11 Å². The van der Waals surface area contributed by atoms with Crippen molar-refractivity contribution in [2.24, 2.45) is 0 Å². The first-order valence-corrected chi connectivity index (χ1v) is 6.20. The predicted octanol–water partition coefficient (Wildman–Crippen LogP) is -10.9. The molecule has 0 aromatic rings. The Labute approximate surface area is 157 Å². The molecule has 20 heavy (non-hydrogen) atoms. The van der Waals surface area contributed by atoms with Crippen molar-refractivity contribution in [1.82, 2.24) is 0 Å². The Hall–Kier alpha value is 0.680. The largest absolute Gasteiger partial charge is 1.00 e. The van der Waals surface area contributed by atoms with Crippen LogP contribution >= 0.6 is 0 Å². The Morgan fingerprint density at radius 1 is 0.800 bits per heavy atom. The van der Waals surface area contributed by atoms with Gasteiger partial charge in [0.1, 0.15) is 13.2 Å². The fourth-order valence-corrected chi connectivity index (χ4v) is 0.735. The Morgan fingerprint density at radius 3 is 1.05 bits per heavy atom. The van der Waals surface area contributed by atoms with E-state index in [9.17, 15) is 36.6 Å². The van der Waals surface area contributed by atoms with Gasteiger partial charge in [-0.25, -0.2) is 8.37 Å². The Kier molecular flexibility index (Phi) is 19.2. The molecule has 0 aromatic carbocycles. The second-order valence-corrected chi connectivity index (χ2v) is 4.31. The van der Waals surface area contributed by atoms with E-state index in [0.717, 1.165) is 0 Å². The van der Waals surface area contributed by atoms with Crippen LogP contribution in [0.1, 0.15) is 0 Å². The zero-order valence-electron chi connectivity index (χ0n) is 10.2. The fraction of sp³-hybridized carbons (Fsp3) is 0.500. The first kappa shape index (κ1) is 28.8. The van der Waals surface area contributed by atoms with Crippen molar-refractivity contribution in [1.29, 1.82) is 0 Å². The maximum Gasteiger partial charge on any atom is 1.00 e. The zero-order chi connectivity index (χ0) is 15.0. The molecular formula is C4H6Na2O12S2. The third-order valence-corrected chi connectivity index (χ3v) is 1.48. The maximum atomic E-state index is 9.58. The van der Waals surface area contributed by atoms with Crippen molar-refractivity contribution in [3.8, 4) is 0 Å². The van der Waals surface area contributed by atoms with Crippen molar-refractivity contribution >= 4 is 32.7 Å². The molecule has 0 saturated heterocycles. The third-order valence-electron chi connectivity index (χ3n) is 0.651. The summed E-state index contributed by atoms with van der Waals surface area (Å²) in [6.45, 7) is -2.34. The van der Waals surface area contributed by atoms with Gasteiger partial charge in [-0.1, -0.05) is 0 Å². The molecule has 0 amide bonds. The molecule has 0 heterocycles. The van der Waals surface area contributed by atoms with Crippen LogP contribution in [0.4, 0.5) is 0 Å². The smallest absolute Gasteiger partial charge is 0.548 e. The molecule has 2 N–H and O–H groups in total. The molecule has 0 rings (SSSR count). The normalized spacial score (nSPS) is 10.1. The second kappa shape index (κ2) is 13.4. The Morgan fingerprint density at radius 2 is 1.00 bits per heavy atom. The summed E-state index contributed by atoms with van der Waals surface area (Å²) in [5, 5.41) is 18.9. The van der Waals surface area contributed by atoms with E-state index in [1.165, 1.54) is 0 Å². The maximum absolute atomic E-state index is 9.58. The molecule has 0 aliphatic rings. The monoisotopic (exact) mass is 356 g/mol. The van der Waals surface area contributed by atoms with Crippen LogP contribution in [-0.2, 0) is 38.8 Å². The molecule has 16 heteroatoms. The number of carbonyl (C=O) groups is 2. The summed E-state index contributed by atoms with van der Waals surface area (Å²) < 4.78 is 60.5. The van der Waals surface area contributed by atoms with Crippen LogP contribution in [0, 0.1) is 0 Å². The molecule has 0 atom stereocenters. The minimum absolute atomic E-state index is 0. The van der Waals surface area contributed by atoms with E-state index in [-0.39, 0.29) is 59.1 Å². The molecule has 0 aliphatic carbocycles. The summed E-state index contributed by atoms with van der Waals surface area (Å²) in [4.78, 5) is 18.9. The molecule has 108 valence electrons. The van der Waals surface area contributed by atoms with Crippen LogP contribution < -0.4 is 69.3 Å². The quantitative estimate of drug-likeness (QED) is 0.336. The Bertz CT molecular complexity index is 434. The average Bonchev–Trinajstić information content (AvgIpc) is 2.10.